The smallest absolute Gasteiger partial charge is 0.405 e. The Morgan fingerprint density at radius 2 is 1.76 bits per heavy atom. The van der Waals surface area contributed by atoms with E-state index in [1.807, 2.05) is 12.1 Å². The SMILES string of the molecule is FC(F)(F)Oc1ccc(CNc2ccc(Cl)cc2)cc1Br. The van der Waals surface area contributed by atoms with Gasteiger partial charge in [-0.05, 0) is 57.9 Å². The van der Waals surface area contributed by atoms with E-state index in [0.717, 1.165) is 11.3 Å². The molecule has 1 N–H and O–H groups in total. The van der Waals surface area contributed by atoms with Gasteiger partial charge in [-0.3, -0.25) is 0 Å². The Hall–Kier alpha value is -1.40. The maximum atomic E-state index is 12.2. The Morgan fingerprint density at radius 3 is 2.33 bits per heavy atom. The van der Waals surface area contributed by atoms with Crippen LogP contribution in [0.3, 0.4) is 0 Å². The minimum absolute atomic E-state index is 0.246. The fraction of sp³-hybridized carbons (Fsp3) is 0.143. The van der Waals surface area contributed by atoms with Crippen LogP contribution in [0.15, 0.2) is 46.9 Å². The van der Waals surface area contributed by atoms with E-state index >= 15 is 0 Å². The molecule has 0 heterocycles. The Morgan fingerprint density at radius 1 is 1.10 bits per heavy atom. The molecule has 0 bridgehead atoms. The fourth-order valence-corrected chi connectivity index (χ4v) is 2.27. The Kier molecular flexibility index (Phi) is 5.00. The van der Waals surface area contributed by atoms with Crippen molar-refractivity contribution in [3.05, 3.63) is 57.5 Å². The first kappa shape index (κ1) is 16.0. The molecule has 0 spiro atoms. The van der Waals surface area contributed by atoms with Crippen molar-refractivity contribution in [3.63, 3.8) is 0 Å². The van der Waals surface area contributed by atoms with Gasteiger partial charge in [-0.2, -0.15) is 0 Å². The van der Waals surface area contributed by atoms with Gasteiger partial charge in [-0.25, -0.2) is 0 Å². The molecular weight excluding hydrogens is 371 g/mol. The number of benzene rings is 2. The average Bonchev–Trinajstić information content (AvgIpc) is 2.40. The zero-order valence-corrected chi connectivity index (χ0v) is 12.9. The summed E-state index contributed by atoms with van der Waals surface area (Å²) in [6, 6.07) is 11.5. The number of anilines is 1. The molecule has 0 aliphatic heterocycles. The summed E-state index contributed by atoms with van der Waals surface area (Å²) in [5.74, 6) is -0.266. The van der Waals surface area contributed by atoms with E-state index in [4.69, 9.17) is 11.6 Å². The number of hydrogen-bond donors (Lipinski definition) is 1. The van der Waals surface area contributed by atoms with Gasteiger partial charge in [-0.15, -0.1) is 13.2 Å². The zero-order valence-electron chi connectivity index (χ0n) is 10.5. The topological polar surface area (TPSA) is 21.3 Å². The van der Waals surface area contributed by atoms with Crippen LogP contribution in [-0.2, 0) is 6.54 Å². The summed E-state index contributed by atoms with van der Waals surface area (Å²) in [6.45, 7) is 0.465. The maximum Gasteiger partial charge on any atom is 0.573 e. The minimum atomic E-state index is -4.70. The monoisotopic (exact) mass is 379 g/mol. The average molecular weight is 381 g/mol. The van der Waals surface area contributed by atoms with Crippen LogP contribution in [0.4, 0.5) is 18.9 Å². The second-order valence-electron chi connectivity index (χ2n) is 4.17. The minimum Gasteiger partial charge on any atom is -0.405 e. The summed E-state index contributed by atoms with van der Waals surface area (Å²) in [4.78, 5) is 0. The number of nitrogens with one attached hydrogen (secondary N) is 1. The van der Waals surface area contributed by atoms with Crippen molar-refractivity contribution < 1.29 is 17.9 Å². The van der Waals surface area contributed by atoms with Crippen molar-refractivity contribution in [1.82, 2.24) is 0 Å². The third-order valence-corrected chi connectivity index (χ3v) is 3.43. The van der Waals surface area contributed by atoms with Gasteiger partial charge >= 0.3 is 6.36 Å². The first-order chi connectivity index (χ1) is 9.83. The molecule has 0 aliphatic carbocycles. The molecule has 0 unspecified atom stereocenters. The summed E-state index contributed by atoms with van der Waals surface area (Å²) in [6.07, 6.45) is -4.70. The highest BCUT2D eigenvalue weighted by atomic mass is 79.9. The van der Waals surface area contributed by atoms with Gasteiger partial charge < -0.3 is 10.1 Å². The van der Waals surface area contributed by atoms with Gasteiger partial charge in [0.2, 0.25) is 0 Å². The molecule has 0 aliphatic rings. The van der Waals surface area contributed by atoms with Gasteiger partial charge in [0.25, 0.3) is 0 Å². The normalized spacial score (nSPS) is 11.3. The molecule has 2 aromatic rings. The Labute approximate surface area is 133 Å². The molecule has 0 fully saturated rings. The molecule has 0 saturated carbocycles. The van der Waals surface area contributed by atoms with Gasteiger partial charge in [-0.1, -0.05) is 17.7 Å². The number of ether oxygens (including phenoxy) is 1. The number of halogens is 5. The predicted molar refractivity (Wildman–Crippen MR) is 79.6 cm³/mol. The first-order valence-electron chi connectivity index (χ1n) is 5.87. The van der Waals surface area contributed by atoms with Crippen molar-refractivity contribution in [2.45, 2.75) is 12.9 Å². The molecule has 2 rings (SSSR count). The zero-order chi connectivity index (χ0) is 15.5. The highest BCUT2D eigenvalue weighted by molar-refractivity contribution is 9.10. The van der Waals surface area contributed by atoms with Crippen LogP contribution in [0.2, 0.25) is 5.02 Å². The van der Waals surface area contributed by atoms with Gasteiger partial charge in [0.05, 0.1) is 4.47 Å². The number of alkyl halides is 3. The summed E-state index contributed by atoms with van der Waals surface area (Å²) < 4.78 is 40.6. The molecule has 0 aromatic heterocycles. The summed E-state index contributed by atoms with van der Waals surface area (Å²) in [5.41, 5.74) is 1.68. The van der Waals surface area contributed by atoms with Crippen molar-refractivity contribution in [1.29, 1.82) is 0 Å². The van der Waals surface area contributed by atoms with Gasteiger partial charge in [0.15, 0.2) is 0 Å². The quantitative estimate of drug-likeness (QED) is 0.744. The van der Waals surface area contributed by atoms with Crippen LogP contribution in [0.5, 0.6) is 5.75 Å². The second kappa shape index (κ2) is 6.58. The molecular formula is C14H10BrClF3NO. The summed E-state index contributed by atoms with van der Waals surface area (Å²) in [7, 11) is 0. The molecule has 7 heteroatoms. The van der Waals surface area contributed by atoms with Crippen molar-refractivity contribution in [2.24, 2.45) is 0 Å². The molecule has 0 saturated heterocycles. The van der Waals surface area contributed by atoms with Gasteiger partial charge in [0, 0.05) is 17.3 Å². The number of rotatable bonds is 4. The lowest BCUT2D eigenvalue weighted by molar-refractivity contribution is -0.274. The Balaban J connectivity index is 2.01. The molecule has 21 heavy (non-hydrogen) atoms. The van der Waals surface area contributed by atoms with E-state index in [9.17, 15) is 13.2 Å². The maximum absolute atomic E-state index is 12.2. The third-order valence-electron chi connectivity index (χ3n) is 2.56. The second-order valence-corrected chi connectivity index (χ2v) is 5.46. The lowest BCUT2D eigenvalue weighted by Gasteiger charge is -2.12. The van der Waals surface area contributed by atoms with Crippen LogP contribution in [0, 0.1) is 0 Å². The highest BCUT2D eigenvalue weighted by Crippen LogP contribution is 2.31. The standard InChI is InChI=1S/C14H10BrClF3NO/c15-12-7-9(1-6-13(12)21-14(17,18)19)8-20-11-4-2-10(16)3-5-11/h1-7,20H,8H2. The largest absolute Gasteiger partial charge is 0.573 e. The van der Waals surface area contributed by atoms with Crippen molar-refractivity contribution in [2.75, 3.05) is 5.32 Å². The molecule has 0 atom stereocenters. The van der Waals surface area contributed by atoms with Crippen LogP contribution in [-0.4, -0.2) is 6.36 Å². The van der Waals surface area contributed by atoms with Crippen LogP contribution < -0.4 is 10.1 Å². The predicted octanol–water partition coefficient (Wildman–Crippen LogP) is 5.61. The summed E-state index contributed by atoms with van der Waals surface area (Å²) in [5, 5.41) is 3.78. The lowest BCUT2D eigenvalue weighted by atomic mass is 10.2. The van der Waals surface area contributed by atoms with E-state index in [1.54, 1.807) is 24.3 Å². The molecule has 2 nitrogen and oxygen atoms in total. The Bertz CT molecular complexity index is 617. The highest BCUT2D eigenvalue weighted by Gasteiger charge is 2.31. The molecule has 2 aromatic carbocycles. The fourth-order valence-electron chi connectivity index (χ4n) is 1.63. The molecule has 0 radical (unpaired) electrons. The molecule has 0 amide bonds. The van der Waals surface area contributed by atoms with E-state index in [0.29, 0.717) is 11.6 Å². The lowest BCUT2D eigenvalue weighted by Crippen LogP contribution is -2.17. The van der Waals surface area contributed by atoms with E-state index in [2.05, 4.69) is 26.0 Å². The van der Waals surface area contributed by atoms with E-state index in [-0.39, 0.29) is 10.2 Å². The summed E-state index contributed by atoms with van der Waals surface area (Å²) >= 11 is 8.85. The van der Waals surface area contributed by atoms with Crippen LogP contribution in [0.1, 0.15) is 5.56 Å². The molecule has 112 valence electrons. The van der Waals surface area contributed by atoms with Crippen LogP contribution in [0.25, 0.3) is 0 Å². The van der Waals surface area contributed by atoms with Crippen molar-refractivity contribution >= 4 is 33.2 Å². The third kappa shape index (κ3) is 5.13. The van der Waals surface area contributed by atoms with Gasteiger partial charge in [0.1, 0.15) is 5.75 Å². The van der Waals surface area contributed by atoms with E-state index < -0.39 is 6.36 Å². The van der Waals surface area contributed by atoms with Crippen molar-refractivity contribution in [3.8, 4) is 5.75 Å². The van der Waals surface area contributed by atoms with Crippen LogP contribution >= 0.6 is 27.5 Å². The first-order valence-corrected chi connectivity index (χ1v) is 7.04. The van der Waals surface area contributed by atoms with E-state index in [1.165, 1.54) is 6.07 Å². The number of hydrogen-bond acceptors (Lipinski definition) is 2.